The molecule has 0 aromatic heterocycles. The van der Waals surface area contributed by atoms with E-state index in [4.69, 9.17) is 37.4 Å². The zero-order valence-electron chi connectivity index (χ0n) is 13.4. The summed E-state index contributed by atoms with van der Waals surface area (Å²) in [6.45, 7) is 1.39. The van der Waals surface area contributed by atoms with E-state index in [2.05, 4.69) is 5.32 Å². The summed E-state index contributed by atoms with van der Waals surface area (Å²) in [6.07, 6.45) is 0.990. The van der Waals surface area contributed by atoms with Crippen molar-refractivity contribution in [3.8, 4) is 17.2 Å². The third-order valence-electron chi connectivity index (χ3n) is 3.52. The molecule has 1 amide bonds. The second kappa shape index (κ2) is 8.32. The number of rotatable bonds is 5. The fourth-order valence-electron chi connectivity index (χ4n) is 2.28. The summed E-state index contributed by atoms with van der Waals surface area (Å²) in [5, 5.41) is 3.80. The van der Waals surface area contributed by atoms with Crippen LogP contribution in [0.4, 0.5) is 5.69 Å². The minimum absolute atomic E-state index is 0.188. The molecule has 0 saturated heterocycles. The maximum atomic E-state index is 12.1. The van der Waals surface area contributed by atoms with Crippen molar-refractivity contribution in [2.24, 2.45) is 0 Å². The van der Waals surface area contributed by atoms with Crippen LogP contribution < -0.4 is 19.5 Å². The molecular weight excluding hydrogens is 365 g/mol. The molecule has 1 aliphatic rings. The molecular formula is C18H17Cl2NO4. The molecule has 0 unspecified atom stereocenters. The number of halogens is 2. The van der Waals surface area contributed by atoms with E-state index in [-0.39, 0.29) is 18.9 Å². The van der Waals surface area contributed by atoms with Crippen molar-refractivity contribution in [3.63, 3.8) is 0 Å². The van der Waals surface area contributed by atoms with Gasteiger partial charge >= 0.3 is 0 Å². The summed E-state index contributed by atoms with van der Waals surface area (Å²) >= 11 is 12.0. The highest BCUT2D eigenvalue weighted by Gasteiger charge is 2.15. The van der Waals surface area contributed by atoms with Crippen LogP contribution in [0.3, 0.4) is 0 Å². The van der Waals surface area contributed by atoms with Crippen LogP contribution in [0.2, 0.25) is 10.0 Å². The highest BCUT2D eigenvalue weighted by Crippen LogP contribution is 2.37. The van der Waals surface area contributed by atoms with Gasteiger partial charge in [-0.15, -0.1) is 0 Å². The fraction of sp³-hybridized carbons (Fsp3) is 0.278. The highest BCUT2D eigenvalue weighted by atomic mass is 35.5. The van der Waals surface area contributed by atoms with E-state index >= 15 is 0 Å². The zero-order valence-corrected chi connectivity index (χ0v) is 14.9. The number of benzene rings is 2. The molecule has 1 aliphatic heterocycles. The maximum Gasteiger partial charge on any atom is 0.227 e. The lowest BCUT2D eigenvalue weighted by molar-refractivity contribution is -0.116. The minimum Gasteiger partial charge on any atom is -0.493 e. The lowest BCUT2D eigenvalue weighted by Gasteiger charge is -2.12. The number of anilines is 1. The first-order chi connectivity index (χ1) is 12.1. The predicted octanol–water partition coefficient (Wildman–Crippen LogP) is 4.56. The Bertz CT molecular complexity index is 749. The van der Waals surface area contributed by atoms with E-state index in [0.717, 1.165) is 6.42 Å². The van der Waals surface area contributed by atoms with Gasteiger partial charge in [0.05, 0.1) is 37.0 Å². The van der Waals surface area contributed by atoms with Gasteiger partial charge in [0.25, 0.3) is 0 Å². The first-order valence-corrected chi connectivity index (χ1v) is 8.65. The van der Waals surface area contributed by atoms with Crippen LogP contribution in [-0.4, -0.2) is 25.7 Å². The lowest BCUT2D eigenvalue weighted by atomic mass is 10.2. The molecule has 0 radical (unpaired) electrons. The van der Waals surface area contributed by atoms with Crippen molar-refractivity contribution < 1.29 is 19.0 Å². The number of hydrogen-bond acceptors (Lipinski definition) is 4. The Kier molecular flexibility index (Phi) is 5.89. The molecule has 0 aliphatic carbocycles. The molecule has 0 fully saturated rings. The minimum atomic E-state index is -0.203. The van der Waals surface area contributed by atoms with Crippen LogP contribution in [0.25, 0.3) is 0 Å². The molecule has 0 bridgehead atoms. The van der Waals surface area contributed by atoms with Gasteiger partial charge < -0.3 is 19.5 Å². The van der Waals surface area contributed by atoms with Crippen LogP contribution in [-0.2, 0) is 4.79 Å². The summed E-state index contributed by atoms with van der Waals surface area (Å²) in [5.41, 5.74) is 0.488. The SMILES string of the molecule is O=C(CCOc1ccc(Cl)cc1)Nc1cc2c(cc1Cl)OCCCO2. The Labute approximate surface area is 155 Å². The van der Waals surface area contributed by atoms with E-state index in [1.54, 1.807) is 36.4 Å². The largest absolute Gasteiger partial charge is 0.493 e. The Morgan fingerprint density at radius 2 is 1.76 bits per heavy atom. The third kappa shape index (κ3) is 4.94. The lowest BCUT2D eigenvalue weighted by Crippen LogP contribution is -2.15. The van der Waals surface area contributed by atoms with Gasteiger partial charge in [-0.05, 0) is 24.3 Å². The van der Waals surface area contributed by atoms with E-state index in [1.807, 2.05) is 0 Å². The summed E-state index contributed by atoms with van der Waals surface area (Å²) in [5.74, 6) is 1.62. The van der Waals surface area contributed by atoms with Gasteiger partial charge in [0.15, 0.2) is 11.5 Å². The molecule has 0 atom stereocenters. The Hall–Kier alpha value is -2.11. The molecule has 0 saturated carbocycles. The third-order valence-corrected chi connectivity index (χ3v) is 4.09. The molecule has 5 nitrogen and oxygen atoms in total. The number of amides is 1. The summed E-state index contributed by atoms with van der Waals surface area (Å²) in [7, 11) is 0. The molecule has 25 heavy (non-hydrogen) atoms. The Balaban J connectivity index is 1.55. The molecule has 132 valence electrons. The molecule has 1 heterocycles. The number of ether oxygens (including phenoxy) is 3. The van der Waals surface area contributed by atoms with E-state index in [9.17, 15) is 4.79 Å². The first kappa shape index (κ1) is 17.7. The topological polar surface area (TPSA) is 56.8 Å². The number of carbonyl (C=O) groups excluding carboxylic acids is 1. The van der Waals surface area contributed by atoms with Gasteiger partial charge in [-0.25, -0.2) is 0 Å². The average Bonchev–Trinajstić information content (AvgIpc) is 2.82. The predicted molar refractivity (Wildman–Crippen MR) is 97.3 cm³/mol. The normalized spacial score (nSPS) is 13.0. The second-order valence-corrected chi connectivity index (χ2v) is 6.27. The van der Waals surface area contributed by atoms with E-state index in [1.165, 1.54) is 0 Å². The zero-order chi connectivity index (χ0) is 17.6. The van der Waals surface area contributed by atoms with Crippen molar-refractivity contribution in [2.45, 2.75) is 12.8 Å². The van der Waals surface area contributed by atoms with E-state index in [0.29, 0.717) is 46.2 Å². The highest BCUT2D eigenvalue weighted by molar-refractivity contribution is 6.34. The maximum absolute atomic E-state index is 12.1. The van der Waals surface area contributed by atoms with Crippen molar-refractivity contribution in [3.05, 3.63) is 46.4 Å². The van der Waals surface area contributed by atoms with Crippen LogP contribution in [0, 0.1) is 0 Å². The van der Waals surface area contributed by atoms with Gasteiger partial charge in [0.2, 0.25) is 5.91 Å². The van der Waals surface area contributed by atoms with Crippen molar-refractivity contribution in [2.75, 3.05) is 25.1 Å². The number of fused-ring (bicyclic) bond motifs is 1. The van der Waals surface area contributed by atoms with Crippen molar-refractivity contribution in [1.82, 2.24) is 0 Å². The molecule has 0 spiro atoms. The van der Waals surface area contributed by atoms with Crippen LogP contribution >= 0.6 is 23.2 Å². The van der Waals surface area contributed by atoms with Crippen LogP contribution in [0.1, 0.15) is 12.8 Å². The number of carbonyl (C=O) groups is 1. The van der Waals surface area contributed by atoms with E-state index < -0.39 is 0 Å². The quantitative estimate of drug-likeness (QED) is 0.824. The molecule has 2 aromatic carbocycles. The monoisotopic (exact) mass is 381 g/mol. The summed E-state index contributed by atoms with van der Waals surface area (Å²) < 4.78 is 16.7. The molecule has 1 N–H and O–H groups in total. The molecule has 2 aromatic rings. The molecule has 3 rings (SSSR count). The Morgan fingerprint density at radius 3 is 2.48 bits per heavy atom. The first-order valence-electron chi connectivity index (χ1n) is 7.89. The van der Waals surface area contributed by atoms with Gasteiger partial charge in [-0.1, -0.05) is 23.2 Å². The fourth-order valence-corrected chi connectivity index (χ4v) is 2.61. The summed E-state index contributed by atoms with van der Waals surface area (Å²) in [4.78, 5) is 12.1. The smallest absolute Gasteiger partial charge is 0.227 e. The Morgan fingerprint density at radius 1 is 1.08 bits per heavy atom. The van der Waals surface area contributed by atoms with Gasteiger partial charge in [0.1, 0.15) is 5.75 Å². The van der Waals surface area contributed by atoms with Crippen LogP contribution in [0.15, 0.2) is 36.4 Å². The summed E-state index contributed by atoms with van der Waals surface area (Å²) in [6, 6.07) is 10.3. The average molecular weight is 382 g/mol. The second-order valence-electron chi connectivity index (χ2n) is 5.43. The van der Waals surface area contributed by atoms with Gasteiger partial charge in [-0.3, -0.25) is 4.79 Å². The van der Waals surface area contributed by atoms with Crippen LogP contribution in [0.5, 0.6) is 17.2 Å². The van der Waals surface area contributed by atoms with Crippen molar-refractivity contribution >= 4 is 34.8 Å². The molecule has 7 heteroatoms. The number of nitrogens with one attached hydrogen (secondary N) is 1. The number of hydrogen-bond donors (Lipinski definition) is 1. The van der Waals surface area contributed by atoms with Gasteiger partial charge in [0, 0.05) is 23.6 Å². The van der Waals surface area contributed by atoms with Gasteiger partial charge in [-0.2, -0.15) is 0 Å². The standard InChI is InChI=1S/C18H17Cl2NO4/c19-12-2-4-13(5-3-12)23-9-6-18(22)21-15-11-17-16(10-14(15)20)24-7-1-8-25-17/h2-5,10-11H,1,6-9H2,(H,21,22). The van der Waals surface area contributed by atoms with Crippen molar-refractivity contribution in [1.29, 1.82) is 0 Å².